The molecule has 3 nitrogen and oxygen atoms in total. The summed E-state index contributed by atoms with van der Waals surface area (Å²) in [6.45, 7) is 3.82. The average molecular weight is 202 g/mol. The topological polar surface area (TPSA) is 21.1 Å². The second-order valence-corrected chi connectivity index (χ2v) is 3.71. The van der Waals surface area contributed by atoms with Crippen molar-refractivity contribution in [2.75, 3.05) is 19.5 Å². The first-order valence-corrected chi connectivity index (χ1v) is 4.91. The standard InChI is InChI=1S/C9H16ClN3/c1-8-6-9(13(3)11-8)7-12(2)5-4-10/h6H,4-5,7H2,1-3H3. The molecule has 0 radical (unpaired) electrons. The molecule has 0 N–H and O–H groups in total. The molecule has 4 heteroatoms. The van der Waals surface area contributed by atoms with E-state index in [-0.39, 0.29) is 0 Å². The van der Waals surface area contributed by atoms with Crippen molar-refractivity contribution in [3.05, 3.63) is 17.5 Å². The van der Waals surface area contributed by atoms with Gasteiger partial charge in [-0.2, -0.15) is 5.10 Å². The summed E-state index contributed by atoms with van der Waals surface area (Å²) in [5.74, 6) is 0.674. The molecule has 0 atom stereocenters. The van der Waals surface area contributed by atoms with E-state index in [1.165, 1.54) is 5.69 Å². The fourth-order valence-corrected chi connectivity index (χ4v) is 1.60. The van der Waals surface area contributed by atoms with Crippen LogP contribution in [0.2, 0.25) is 0 Å². The Morgan fingerprint density at radius 2 is 2.31 bits per heavy atom. The fraction of sp³-hybridized carbons (Fsp3) is 0.667. The summed E-state index contributed by atoms with van der Waals surface area (Å²) in [5, 5.41) is 4.28. The highest BCUT2D eigenvalue weighted by molar-refractivity contribution is 6.18. The third kappa shape index (κ3) is 3.01. The number of aromatic nitrogens is 2. The lowest BCUT2D eigenvalue weighted by molar-refractivity contribution is 0.337. The summed E-state index contributed by atoms with van der Waals surface area (Å²) < 4.78 is 1.92. The zero-order valence-electron chi connectivity index (χ0n) is 8.42. The fourth-order valence-electron chi connectivity index (χ4n) is 1.31. The molecule has 0 saturated carbocycles. The first kappa shape index (κ1) is 10.5. The first-order chi connectivity index (χ1) is 6.13. The van der Waals surface area contributed by atoms with Crippen LogP contribution >= 0.6 is 11.6 Å². The predicted molar refractivity (Wildman–Crippen MR) is 55.0 cm³/mol. The van der Waals surface area contributed by atoms with Crippen molar-refractivity contribution >= 4 is 11.6 Å². The van der Waals surface area contributed by atoms with Gasteiger partial charge in [-0.1, -0.05) is 0 Å². The number of aryl methyl sites for hydroxylation is 2. The molecule has 0 bridgehead atoms. The Bertz CT molecular complexity index is 270. The Balaban J connectivity index is 2.57. The van der Waals surface area contributed by atoms with Crippen LogP contribution < -0.4 is 0 Å². The van der Waals surface area contributed by atoms with Gasteiger partial charge in [0.15, 0.2) is 0 Å². The Morgan fingerprint density at radius 1 is 1.62 bits per heavy atom. The van der Waals surface area contributed by atoms with Crippen molar-refractivity contribution in [2.24, 2.45) is 7.05 Å². The molecule has 0 spiro atoms. The summed E-state index contributed by atoms with van der Waals surface area (Å²) in [5.41, 5.74) is 2.29. The summed E-state index contributed by atoms with van der Waals surface area (Å²) in [6, 6.07) is 2.10. The minimum atomic E-state index is 0.674. The van der Waals surface area contributed by atoms with Crippen LogP contribution in [0.4, 0.5) is 0 Å². The predicted octanol–water partition coefficient (Wildman–Crippen LogP) is 1.40. The molecule has 0 aliphatic carbocycles. The number of alkyl halides is 1. The van der Waals surface area contributed by atoms with E-state index in [0.717, 1.165) is 18.8 Å². The van der Waals surface area contributed by atoms with Crippen LogP contribution in [-0.4, -0.2) is 34.2 Å². The molecule has 0 saturated heterocycles. The summed E-state index contributed by atoms with van der Waals surface area (Å²) in [7, 11) is 4.03. The summed E-state index contributed by atoms with van der Waals surface area (Å²) >= 11 is 5.64. The van der Waals surface area contributed by atoms with Gasteiger partial charge in [-0.15, -0.1) is 11.6 Å². The zero-order valence-corrected chi connectivity index (χ0v) is 9.17. The molecule has 1 aromatic heterocycles. The van der Waals surface area contributed by atoms with Gasteiger partial charge < -0.3 is 0 Å². The molecule has 0 unspecified atom stereocenters. The van der Waals surface area contributed by atoms with Crippen LogP contribution in [0.25, 0.3) is 0 Å². The van der Waals surface area contributed by atoms with Gasteiger partial charge in [0.05, 0.1) is 11.4 Å². The van der Waals surface area contributed by atoms with Crippen LogP contribution in [0.15, 0.2) is 6.07 Å². The quantitative estimate of drug-likeness (QED) is 0.687. The summed E-state index contributed by atoms with van der Waals surface area (Å²) in [6.07, 6.45) is 0. The first-order valence-electron chi connectivity index (χ1n) is 4.37. The van der Waals surface area contributed by atoms with Crippen molar-refractivity contribution in [2.45, 2.75) is 13.5 Å². The Kier molecular flexibility index (Phi) is 3.75. The lowest BCUT2D eigenvalue weighted by atomic mass is 10.3. The van der Waals surface area contributed by atoms with Crippen LogP contribution in [0.3, 0.4) is 0 Å². The summed E-state index contributed by atoms with van der Waals surface area (Å²) in [4.78, 5) is 2.18. The van der Waals surface area contributed by atoms with Gasteiger partial charge in [-0.25, -0.2) is 0 Å². The van der Waals surface area contributed by atoms with Gasteiger partial charge in [0.25, 0.3) is 0 Å². The monoisotopic (exact) mass is 201 g/mol. The average Bonchev–Trinajstić information content (AvgIpc) is 2.30. The van der Waals surface area contributed by atoms with Gasteiger partial charge in [0.2, 0.25) is 0 Å². The van der Waals surface area contributed by atoms with Crippen LogP contribution in [0.1, 0.15) is 11.4 Å². The van der Waals surface area contributed by atoms with Gasteiger partial charge in [-0.3, -0.25) is 9.58 Å². The van der Waals surface area contributed by atoms with E-state index in [1.54, 1.807) is 0 Å². The highest BCUT2D eigenvalue weighted by atomic mass is 35.5. The van der Waals surface area contributed by atoms with E-state index in [1.807, 2.05) is 18.7 Å². The molecule has 13 heavy (non-hydrogen) atoms. The SMILES string of the molecule is Cc1cc(CN(C)CCCl)n(C)n1. The molecular weight excluding hydrogens is 186 g/mol. The molecule has 0 aliphatic heterocycles. The molecule has 1 aromatic rings. The number of rotatable bonds is 4. The van der Waals surface area contributed by atoms with E-state index in [4.69, 9.17) is 11.6 Å². The number of nitrogens with zero attached hydrogens (tertiary/aromatic N) is 3. The Labute approximate surface area is 84.3 Å². The Hall–Kier alpha value is -0.540. The maximum Gasteiger partial charge on any atom is 0.0597 e. The van der Waals surface area contributed by atoms with E-state index >= 15 is 0 Å². The third-order valence-electron chi connectivity index (χ3n) is 2.00. The van der Waals surface area contributed by atoms with Crippen molar-refractivity contribution in [3.63, 3.8) is 0 Å². The molecule has 74 valence electrons. The normalized spacial score (nSPS) is 11.2. The maximum absolute atomic E-state index is 5.64. The lowest BCUT2D eigenvalue weighted by Crippen LogP contribution is -2.21. The molecule has 1 heterocycles. The van der Waals surface area contributed by atoms with E-state index in [9.17, 15) is 0 Å². The molecule has 0 aromatic carbocycles. The van der Waals surface area contributed by atoms with Crippen LogP contribution in [-0.2, 0) is 13.6 Å². The maximum atomic E-state index is 5.64. The molecule has 0 fully saturated rings. The minimum Gasteiger partial charge on any atom is -0.299 e. The lowest BCUT2D eigenvalue weighted by Gasteiger charge is -2.14. The highest BCUT2D eigenvalue weighted by Gasteiger charge is 2.04. The van der Waals surface area contributed by atoms with E-state index in [0.29, 0.717) is 5.88 Å². The smallest absolute Gasteiger partial charge is 0.0597 e. The van der Waals surface area contributed by atoms with Crippen LogP contribution in [0, 0.1) is 6.92 Å². The molecular formula is C9H16ClN3. The van der Waals surface area contributed by atoms with Crippen molar-refractivity contribution < 1.29 is 0 Å². The van der Waals surface area contributed by atoms with Gasteiger partial charge in [-0.05, 0) is 20.0 Å². The van der Waals surface area contributed by atoms with Crippen molar-refractivity contribution in [1.82, 2.24) is 14.7 Å². The Morgan fingerprint density at radius 3 is 2.77 bits per heavy atom. The van der Waals surface area contributed by atoms with Crippen molar-refractivity contribution in [3.8, 4) is 0 Å². The number of hydrogen-bond acceptors (Lipinski definition) is 2. The second kappa shape index (κ2) is 4.63. The number of hydrogen-bond donors (Lipinski definition) is 0. The second-order valence-electron chi connectivity index (χ2n) is 3.33. The molecule has 0 aliphatic rings. The van der Waals surface area contributed by atoms with Gasteiger partial charge in [0.1, 0.15) is 0 Å². The van der Waals surface area contributed by atoms with Gasteiger partial charge >= 0.3 is 0 Å². The third-order valence-corrected chi connectivity index (χ3v) is 2.17. The molecule has 1 rings (SSSR count). The van der Waals surface area contributed by atoms with E-state index < -0.39 is 0 Å². The van der Waals surface area contributed by atoms with Crippen LogP contribution in [0.5, 0.6) is 0 Å². The van der Waals surface area contributed by atoms with Gasteiger partial charge in [0, 0.05) is 26.0 Å². The largest absolute Gasteiger partial charge is 0.299 e. The highest BCUT2D eigenvalue weighted by Crippen LogP contribution is 2.04. The van der Waals surface area contributed by atoms with Crippen molar-refractivity contribution in [1.29, 1.82) is 0 Å². The van der Waals surface area contributed by atoms with E-state index in [2.05, 4.69) is 23.1 Å². The number of halogens is 1. The minimum absolute atomic E-state index is 0.674. The molecule has 0 amide bonds. The zero-order chi connectivity index (χ0) is 9.84.